The van der Waals surface area contributed by atoms with Crippen molar-refractivity contribution < 1.29 is 8.81 Å². The van der Waals surface area contributed by atoms with Crippen molar-refractivity contribution in [1.82, 2.24) is 20.1 Å². The molecule has 2 atom stereocenters. The van der Waals surface area contributed by atoms with Crippen molar-refractivity contribution in [2.45, 2.75) is 18.5 Å². The average Bonchev–Trinajstić information content (AvgIpc) is 3.33. The Bertz CT molecular complexity index is 1060. The summed E-state index contributed by atoms with van der Waals surface area (Å²) >= 11 is 8.98. The number of hydrogen-bond acceptors (Lipinski definition) is 4. The number of benzene rings is 1. The molecule has 0 radical (unpaired) electrons. The van der Waals surface area contributed by atoms with Crippen molar-refractivity contribution in [2.75, 3.05) is 27.2 Å². The van der Waals surface area contributed by atoms with Crippen LogP contribution in [0.15, 0.2) is 63.6 Å². The predicted molar refractivity (Wildman–Crippen MR) is 127 cm³/mol. The zero-order chi connectivity index (χ0) is 22.0. The second-order valence-electron chi connectivity index (χ2n) is 7.80. The van der Waals surface area contributed by atoms with Crippen molar-refractivity contribution in [1.29, 1.82) is 0 Å². The topological polar surface area (TPSA) is 44.5 Å². The smallest absolute Gasteiger partial charge is 0.170 e. The van der Waals surface area contributed by atoms with Gasteiger partial charge in [0.05, 0.1) is 17.3 Å². The van der Waals surface area contributed by atoms with Gasteiger partial charge < -0.3 is 19.5 Å². The first-order valence-electron chi connectivity index (χ1n) is 10.1. The summed E-state index contributed by atoms with van der Waals surface area (Å²) in [5.41, 5.74) is 1.31. The van der Waals surface area contributed by atoms with Crippen LogP contribution in [0.5, 0.6) is 0 Å². The lowest BCUT2D eigenvalue weighted by molar-refractivity contribution is 0.261. The molecule has 3 aromatic rings. The van der Waals surface area contributed by atoms with Crippen molar-refractivity contribution in [3.05, 3.63) is 76.5 Å². The fourth-order valence-electron chi connectivity index (χ4n) is 3.86. The van der Waals surface area contributed by atoms with Crippen LogP contribution in [0.25, 0.3) is 11.3 Å². The maximum atomic E-state index is 14.5. The minimum absolute atomic E-state index is 0.151. The highest BCUT2D eigenvalue weighted by Gasteiger charge is 2.41. The molecule has 1 fully saturated rings. The summed E-state index contributed by atoms with van der Waals surface area (Å²) in [5.74, 6) is 0.885. The third-order valence-corrected chi connectivity index (χ3v) is 6.16. The molecule has 0 bridgehead atoms. The van der Waals surface area contributed by atoms with Crippen molar-refractivity contribution in [3.8, 4) is 11.3 Å². The Balaban J connectivity index is 1.68. The molecule has 1 N–H and O–H groups in total. The molecule has 0 aliphatic carbocycles. The maximum absolute atomic E-state index is 14.5. The second-order valence-corrected chi connectivity index (χ2v) is 9.11. The van der Waals surface area contributed by atoms with Gasteiger partial charge in [-0.1, -0.05) is 22.0 Å². The van der Waals surface area contributed by atoms with Crippen LogP contribution in [0.3, 0.4) is 0 Å². The Labute approximate surface area is 195 Å². The van der Waals surface area contributed by atoms with E-state index in [1.165, 1.54) is 6.07 Å². The zero-order valence-electron chi connectivity index (χ0n) is 17.4. The maximum Gasteiger partial charge on any atom is 0.170 e. The molecule has 31 heavy (non-hydrogen) atoms. The molecule has 2 aromatic heterocycles. The Morgan fingerprint density at radius 3 is 2.77 bits per heavy atom. The monoisotopic (exact) mass is 502 g/mol. The van der Waals surface area contributed by atoms with E-state index in [-0.39, 0.29) is 17.9 Å². The van der Waals surface area contributed by atoms with Crippen molar-refractivity contribution in [2.24, 2.45) is 0 Å². The van der Waals surface area contributed by atoms with Gasteiger partial charge in [-0.2, -0.15) is 0 Å². The number of hydrogen-bond donors (Lipinski definition) is 1. The minimum Gasteiger partial charge on any atom is -0.459 e. The van der Waals surface area contributed by atoms with Gasteiger partial charge in [0.25, 0.3) is 0 Å². The van der Waals surface area contributed by atoms with Crippen LogP contribution in [0.2, 0.25) is 0 Å². The number of nitrogens with zero attached hydrogens (tertiary/aromatic N) is 3. The molecule has 1 saturated heterocycles. The van der Waals surface area contributed by atoms with E-state index in [1.807, 2.05) is 30.3 Å². The third-order valence-electron chi connectivity index (χ3n) is 5.32. The second kappa shape index (κ2) is 9.46. The molecule has 1 aliphatic rings. The van der Waals surface area contributed by atoms with Gasteiger partial charge in [-0.05, 0) is 81.7 Å². The number of furan rings is 1. The lowest BCUT2D eigenvalue weighted by Crippen LogP contribution is -2.32. The van der Waals surface area contributed by atoms with E-state index in [4.69, 9.17) is 16.6 Å². The van der Waals surface area contributed by atoms with Crippen molar-refractivity contribution in [3.63, 3.8) is 0 Å². The summed E-state index contributed by atoms with van der Waals surface area (Å²) in [6.07, 6.45) is 2.73. The average molecular weight is 503 g/mol. The van der Waals surface area contributed by atoms with Gasteiger partial charge in [0, 0.05) is 17.2 Å². The van der Waals surface area contributed by atoms with Crippen LogP contribution in [0.4, 0.5) is 4.39 Å². The molecule has 8 heteroatoms. The first kappa shape index (κ1) is 21.9. The number of nitrogens with one attached hydrogen (secondary N) is 1. The molecule has 0 spiro atoms. The highest BCUT2D eigenvalue weighted by molar-refractivity contribution is 9.10. The molecule has 5 nitrogen and oxygen atoms in total. The minimum atomic E-state index is -0.334. The van der Waals surface area contributed by atoms with Gasteiger partial charge in [-0.3, -0.25) is 4.98 Å². The van der Waals surface area contributed by atoms with Crippen molar-refractivity contribution >= 4 is 33.3 Å². The predicted octanol–water partition coefficient (Wildman–Crippen LogP) is 5.17. The van der Waals surface area contributed by atoms with E-state index >= 15 is 0 Å². The SMILES string of the molecule is CN(C)CCCN1C(=S)N[C@@H](c2ccccn2)[C@H]1c1ccc(-c2ccc(Br)cc2F)o1. The Morgan fingerprint density at radius 1 is 1.23 bits per heavy atom. The molecule has 3 heterocycles. The quantitative estimate of drug-likeness (QED) is 0.449. The highest BCUT2D eigenvalue weighted by Crippen LogP contribution is 2.40. The summed E-state index contributed by atoms with van der Waals surface area (Å²) in [5, 5.41) is 4.09. The third kappa shape index (κ3) is 4.81. The van der Waals surface area contributed by atoms with Crippen LogP contribution in [-0.4, -0.2) is 47.1 Å². The fourth-order valence-corrected chi connectivity index (χ4v) is 4.52. The van der Waals surface area contributed by atoms with Crippen LogP contribution < -0.4 is 5.32 Å². The van der Waals surface area contributed by atoms with Gasteiger partial charge in [0.1, 0.15) is 23.4 Å². The van der Waals surface area contributed by atoms with E-state index in [1.54, 1.807) is 18.3 Å². The van der Waals surface area contributed by atoms with Gasteiger partial charge in [-0.25, -0.2) is 4.39 Å². The molecule has 1 aliphatic heterocycles. The fraction of sp³-hybridized carbons (Fsp3) is 0.304. The number of halogens is 2. The number of aromatic nitrogens is 1. The molecular formula is C23H24BrFN4OS. The number of pyridine rings is 1. The molecule has 4 rings (SSSR count). The summed E-state index contributed by atoms with van der Waals surface area (Å²) < 4.78 is 21.4. The van der Waals surface area contributed by atoms with Gasteiger partial charge in [-0.15, -0.1) is 0 Å². The zero-order valence-corrected chi connectivity index (χ0v) is 19.8. The van der Waals surface area contributed by atoms with Crippen LogP contribution in [-0.2, 0) is 0 Å². The van der Waals surface area contributed by atoms with Gasteiger partial charge in [0.2, 0.25) is 0 Å². The number of thiocarbonyl (C=S) groups is 1. The molecular weight excluding hydrogens is 479 g/mol. The van der Waals surface area contributed by atoms with Crippen LogP contribution >= 0.6 is 28.1 Å². The van der Waals surface area contributed by atoms with Crippen LogP contribution in [0.1, 0.15) is 30.0 Å². The Hall–Kier alpha value is -2.29. The highest BCUT2D eigenvalue weighted by atomic mass is 79.9. The van der Waals surface area contributed by atoms with Gasteiger partial charge in [0.15, 0.2) is 5.11 Å². The Morgan fingerprint density at radius 2 is 2.06 bits per heavy atom. The standard InChI is InChI=1S/C23H24BrFN4OS/c1-28(2)12-5-13-29-22(21(27-23(29)31)18-6-3-4-11-26-18)20-10-9-19(30-20)16-8-7-15(24)14-17(16)25/h3-4,6-11,14,21-22H,5,12-13H2,1-2H3,(H,27,31)/t21-,22+/m0/s1. The largest absolute Gasteiger partial charge is 0.459 e. The lowest BCUT2D eigenvalue weighted by atomic mass is 10.0. The van der Waals surface area contributed by atoms with Gasteiger partial charge >= 0.3 is 0 Å². The van der Waals surface area contributed by atoms with Crippen LogP contribution in [0, 0.1) is 5.82 Å². The molecule has 1 aromatic carbocycles. The molecule has 162 valence electrons. The summed E-state index contributed by atoms with van der Waals surface area (Å²) in [4.78, 5) is 8.84. The van der Waals surface area contributed by atoms with E-state index in [0.29, 0.717) is 20.9 Å². The van der Waals surface area contributed by atoms with E-state index < -0.39 is 0 Å². The Kier molecular flexibility index (Phi) is 6.69. The molecule has 0 saturated carbocycles. The molecule has 0 unspecified atom stereocenters. The summed E-state index contributed by atoms with van der Waals surface area (Å²) in [6.45, 7) is 1.73. The first-order chi connectivity index (χ1) is 14.9. The molecule has 0 amide bonds. The lowest BCUT2D eigenvalue weighted by Gasteiger charge is -2.26. The van der Waals surface area contributed by atoms with E-state index in [9.17, 15) is 4.39 Å². The van der Waals surface area contributed by atoms with E-state index in [2.05, 4.69) is 50.1 Å². The first-order valence-corrected chi connectivity index (χ1v) is 11.3. The summed E-state index contributed by atoms with van der Waals surface area (Å²) in [7, 11) is 4.11. The normalized spacial score (nSPS) is 18.6. The number of rotatable bonds is 7. The van der Waals surface area contributed by atoms with E-state index in [0.717, 1.165) is 31.0 Å². The summed E-state index contributed by atoms with van der Waals surface area (Å²) in [6, 6.07) is 14.2.